The molecule has 0 aromatic heterocycles. The van der Waals surface area contributed by atoms with E-state index < -0.39 is 42.5 Å². The highest BCUT2D eigenvalue weighted by atomic mass is 19.4. The van der Waals surface area contributed by atoms with Gasteiger partial charge < -0.3 is 15.2 Å². The van der Waals surface area contributed by atoms with Gasteiger partial charge >= 0.3 is 12.1 Å². The molecule has 3 atom stereocenters. The Kier molecular flexibility index (Phi) is 5.79. The molecular formula is C12H18F3NO4. The van der Waals surface area contributed by atoms with Gasteiger partial charge in [-0.2, -0.15) is 13.2 Å². The Morgan fingerprint density at radius 3 is 2.55 bits per heavy atom. The van der Waals surface area contributed by atoms with Crippen molar-refractivity contribution in [1.29, 1.82) is 0 Å². The average Bonchev–Trinajstić information content (AvgIpc) is 2.42. The molecule has 0 radical (unpaired) electrons. The number of ether oxygens (including phenoxy) is 1. The molecule has 0 aliphatic heterocycles. The van der Waals surface area contributed by atoms with Crippen molar-refractivity contribution >= 4 is 11.9 Å². The minimum absolute atomic E-state index is 0.0215. The van der Waals surface area contributed by atoms with Crippen molar-refractivity contribution < 1.29 is 32.6 Å². The smallest absolute Gasteiger partial charge is 0.391 e. The van der Waals surface area contributed by atoms with Crippen LogP contribution in [0.15, 0.2) is 0 Å². The van der Waals surface area contributed by atoms with Crippen LogP contribution in [-0.4, -0.2) is 42.9 Å². The fourth-order valence-corrected chi connectivity index (χ4v) is 2.34. The van der Waals surface area contributed by atoms with Crippen LogP contribution in [0.4, 0.5) is 13.2 Å². The molecule has 20 heavy (non-hydrogen) atoms. The van der Waals surface area contributed by atoms with Gasteiger partial charge in [0.2, 0.25) is 5.91 Å². The van der Waals surface area contributed by atoms with Gasteiger partial charge in [0.1, 0.15) is 0 Å². The predicted octanol–water partition coefficient (Wildman–Crippen LogP) is 1.01. The quantitative estimate of drug-likeness (QED) is 0.759. The van der Waals surface area contributed by atoms with Gasteiger partial charge in [-0.3, -0.25) is 4.79 Å². The summed E-state index contributed by atoms with van der Waals surface area (Å²) in [5.74, 6) is -3.76. The lowest BCUT2D eigenvalue weighted by atomic mass is 9.80. The first-order valence-corrected chi connectivity index (χ1v) is 6.35. The van der Waals surface area contributed by atoms with E-state index in [0.717, 1.165) is 7.11 Å². The van der Waals surface area contributed by atoms with E-state index in [0.29, 0.717) is 12.8 Å². The number of hydrogen-bond acceptors (Lipinski definition) is 4. The average molecular weight is 297 g/mol. The number of methoxy groups -OCH3 is 1. The van der Waals surface area contributed by atoms with Crippen molar-refractivity contribution in [2.75, 3.05) is 13.7 Å². The summed E-state index contributed by atoms with van der Waals surface area (Å²) in [6, 6.07) is -1.24. The van der Waals surface area contributed by atoms with Gasteiger partial charge in [0.25, 0.3) is 0 Å². The summed E-state index contributed by atoms with van der Waals surface area (Å²) in [6.07, 6.45) is -3.91. The number of aliphatic hydroxyl groups excluding tert-OH is 1. The number of rotatable bonds is 4. The second kappa shape index (κ2) is 6.92. The first-order chi connectivity index (χ1) is 9.29. The third kappa shape index (κ3) is 4.36. The highest BCUT2D eigenvalue weighted by molar-refractivity contribution is 5.85. The number of carbonyl (C=O) groups is 2. The fraction of sp³-hybridized carbons (Fsp3) is 0.833. The van der Waals surface area contributed by atoms with Crippen LogP contribution < -0.4 is 5.32 Å². The summed E-state index contributed by atoms with van der Waals surface area (Å²) in [5.41, 5.74) is 0. The number of hydrogen-bond donors (Lipinski definition) is 2. The molecule has 0 heterocycles. The molecule has 116 valence electrons. The minimum Gasteiger partial charge on any atom is -0.467 e. The second-order valence-corrected chi connectivity index (χ2v) is 4.87. The van der Waals surface area contributed by atoms with Gasteiger partial charge in [-0.05, 0) is 19.3 Å². The molecule has 8 heteroatoms. The molecule has 1 saturated carbocycles. The molecule has 0 aromatic rings. The van der Waals surface area contributed by atoms with Crippen LogP contribution in [0.1, 0.15) is 25.7 Å². The molecule has 3 unspecified atom stereocenters. The van der Waals surface area contributed by atoms with E-state index in [-0.39, 0.29) is 12.8 Å². The summed E-state index contributed by atoms with van der Waals surface area (Å²) >= 11 is 0. The van der Waals surface area contributed by atoms with Gasteiger partial charge in [-0.1, -0.05) is 6.42 Å². The maximum absolute atomic E-state index is 12.6. The molecule has 0 spiro atoms. The maximum Gasteiger partial charge on any atom is 0.391 e. The van der Waals surface area contributed by atoms with E-state index in [4.69, 9.17) is 5.11 Å². The zero-order valence-corrected chi connectivity index (χ0v) is 11.1. The number of alkyl halides is 3. The Morgan fingerprint density at radius 2 is 2.05 bits per heavy atom. The number of amides is 1. The predicted molar refractivity (Wildman–Crippen MR) is 62.5 cm³/mol. The van der Waals surface area contributed by atoms with Crippen LogP contribution in [0.3, 0.4) is 0 Å². The number of carbonyl (C=O) groups excluding carboxylic acids is 2. The molecule has 0 saturated heterocycles. The van der Waals surface area contributed by atoms with Crippen LogP contribution in [0.2, 0.25) is 0 Å². The molecule has 5 nitrogen and oxygen atoms in total. The summed E-state index contributed by atoms with van der Waals surface area (Å²) in [5, 5.41) is 11.2. The molecule has 1 fully saturated rings. The van der Waals surface area contributed by atoms with Crippen molar-refractivity contribution in [1.82, 2.24) is 5.32 Å². The van der Waals surface area contributed by atoms with Gasteiger partial charge in [-0.15, -0.1) is 0 Å². The molecule has 1 amide bonds. The van der Waals surface area contributed by atoms with Crippen molar-refractivity contribution in [2.45, 2.75) is 37.9 Å². The fourth-order valence-electron chi connectivity index (χ4n) is 2.34. The lowest BCUT2D eigenvalue weighted by molar-refractivity contribution is -0.186. The third-order valence-electron chi connectivity index (χ3n) is 3.49. The van der Waals surface area contributed by atoms with Gasteiger partial charge in [0.15, 0.2) is 6.04 Å². The second-order valence-electron chi connectivity index (χ2n) is 4.87. The molecular weight excluding hydrogens is 279 g/mol. The molecule has 1 rings (SSSR count). The first-order valence-electron chi connectivity index (χ1n) is 6.35. The lowest BCUT2D eigenvalue weighted by Gasteiger charge is -2.30. The van der Waals surface area contributed by atoms with Crippen LogP contribution in [0, 0.1) is 11.8 Å². The zero-order chi connectivity index (χ0) is 15.3. The Labute approximate surface area is 114 Å². The van der Waals surface area contributed by atoms with Crippen LogP contribution in [0.5, 0.6) is 0 Å². The molecule has 1 aliphatic rings. The van der Waals surface area contributed by atoms with Crippen molar-refractivity contribution in [3.63, 3.8) is 0 Å². The zero-order valence-electron chi connectivity index (χ0n) is 11.1. The van der Waals surface area contributed by atoms with Gasteiger partial charge in [0.05, 0.1) is 19.6 Å². The Balaban J connectivity index is 2.60. The molecule has 2 N–H and O–H groups in total. The van der Waals surface area contributed by atoms with E-state index in [1.807, 2.05) is 0 Å². The highest BCUT2D eigenvalue weighted by Crippen LogP contribution is 2.39. The summed E-state index contributed by atoms with van der Waals surface area (Å²) < 4.78 is 42.3. The van der Waals surface area contributed by atoms with Crippen molar-refractivity contribution in [2.24, 2.45) is 11.8 Å². The topological polar surface area (TPSA) is 75.6 Å². The minimum atomic E-state index is -4.31. The summed E-state index contributed by atoms with van der Waals surface area (Å²) in [6.45, 7) is -0.659. The lowest BCUT2D eigenvalue weighted by Crippen LogP contribution is -2.47. The molecule has 1 aliphatic carbocycles. The van der Waals surface area contributed by atoms with Crippen LogP contribution >= 0.6 is 0 Å². The van der Waals surface area contributed by atoms with Crippen molar-refractivity contribution in [3.05, 3.63) is 0 Å². The number of halogens is 3. The van der Waals surface area contributed by atoms with Crippen LogP contribution in [-0.2, 0) is 14.3 Å². The number of aliphatic hydroxyl groups is 1. The monoisotopic (exact) mass is 297 g/mol. The highest BCUT2D eigenvalue weighted by Gasteiger charge is 2.43. The number of nitrogens with one attached hydrogen (secondary N) is 1. The summed E-state index contributed by atoms with van der Waals surface area (Å²) in [7, 11) is 1.09. The van der Waals surface area contributed by atoms with Gasteiger partial charge in [-0.25, -0.2) is 4.79 Å². The normalized spacial score (nSPS) is 24.9. The van der Waals surface area contributed by atoms with E-state index >= 15 is 0 Å². The Morgan fingerprint density at radius 1 is 1.40 bits per heavy atom. The maximum atomic E-state index is 12.6. The largest absolute Gasteiger partial charge is 0.467 e. The standard InChI is InChI=1S/C12H18F3NO4/c1-20-11(19)9(6-17)16-10(18)7-3-2-4-8(5-7)12(13,14)15/h7-9,17H,2-6H2,1H3,(H,16,18). The first kappa shape index (κ1) is 16.7. The van der Waals surface area contributed by atoms with Gasteiger partial charge in [0, 0.05) is 5.92 Å². The summed E-state index contributed by atoms with van der Waals surface area (Å²) in [4.78, 5) is 23.1. The van der Waals surface area contributed by atoms with Crippen molar-refractivity contribution in [3.8, 4) is 0 Å². The third-order valence-corrected chi connectivity index (χ3v) is 3.49. The Hall–Kier alpha value is -1.31. The van der Waals surface area contributed by atoms with E-state index in [1.54, 1.807) is 0 Å². The van der Waals surface area contributed by atoms with E-state index in [2.05, 4.69) is 10.1 Å². The Bertz CT molecular complexity index is 359. The molecule has 0 bridgehead atoms. The van der Waals surface area contributed by atoms with E-state index in [9.17, 15) is 22.8 Å². The molecule has 0 aromatic carbocycles. The SMILES string of the molecule is COC(=O)C(CO)NC(=O)C1CCCC(C(F)(F)F)C1. The van der Waals surface area contributed by atoms with E-state index in [1.165, 1.54) is 0 Å². The van der Waals surface area contributed by atoms with Crippen LogP contribution in [0.25, 0.3) is 0 Å². The number of esters is 1.